The number of benzene rings is 3. The van der Waals surface area contributed by atoms with Gasteiger partial charge in [-0.3, -0.25) is 19.4 Å². The molecule has 0 unspecified atom stereocenters. The van der Waals surface area contributed by atoms with Crippen molar-refractivity contribution >= 4 is 63.3 Å². The maximum atomic E-state index is 13.6. The molecule has 2 amide bonds. The van der Waals surface area contributed by atoms with E-state index in [-0.39, 0.29) is 16.8 Å². The second kappa shape index (κ2) is 9.33. The maximum absolute atomic E-state index is 13.6. The Hall–Kier alpha value is -3.22. The molecule has 5 nitrogen and oxygen atoms in total. The first-order chi connectivity index (χ1) is 15.8. The van der Waals surface area contributed by atoms with E-state index in [0.29, 0.717) is 28.6 Å². The molecule has 1 aliphatic heterocycles. The molecule has 4 rings (SSSR count). The van der Waals surface area contributed by atoms with Crippen LogP contribution in [0.1, 0.15) is 26.3 Å². The van der Waals surface area contributed by atoms with Crippen LogP contribution in [0, 0.1) is 0 Å². The van der Waals surface area contributed by atoms with Gasteiger partial charge in [0.2, 0.25) is 0 Å². The monoisotopic (exact) mass is 478 g/mol. The van der Waals surface area contributed by atoms with Crippen molar-refractivity contribution < 1.29 is 14.3 Å². The molecule has 0 atom stereocenters. The predicted molar refractivity (Wildman–Crippen MR) is 137 cm³/mol. The van der Waals surface area contributed by atoms with Crippen LogP contribution < -0.4 is 9.64 Å². The highest BCUT2D eigenvalue weighted by Gasteiger charge is 2.39. The van der Waals surface area contributed by atoms with Crippen molar-refractivity contribution in [3.05, 3.63) is 76.8 Å². The van der Waals surface area contributed by atoms with Crippen LogP contribution in [0.5, 0.6) is 5.75 Å². The van der Waals surface area contributed by atoms with Crippen molar-refractivity contribution in [1.29, 1.82) is 0 Å². The largest absolute Gasteiger partial charge is 0.490 e. The number of fused-ring (bicyclic) bond motifs is 1. The molecule has 0 spiro atoms. The van der Waals surface area contributed by atoms with Crippen molar-refractivity contribution in [1.82, 2.24) is 4.90 Å². The molecule has 7 heteroatoms. The summed E-state index contributed by atoms with van der Waals surface area (Å²) in [5, 5.41) is 2.55. The molecule has 3 aromatic carbocycles. The Morgan fingerprint density at radius 2 is 1.70 bits per heavy atom. The minimum atomic E-state index is -0.486. The van der Waals surface area contributed by atoms with Crippen molar-refractivity contribution in [2.75, 3.05) is 11.4 Å². The van der Waals surface area contributed by atoms with Crippen LogP contribution in [0.4, 0.5) is 5.69 Å². The van der Waals surface area contributed by atoms with Gasteiger partial charge in [0.15, 0.2) is 5.11 Å². The lowest BCUT2D eigenvalue weighted by atomic mass is 9.99. The summed E-state index contributed by atoms with van der Waals surface area (Å²) in [4.78, 5) is 29.8. The Bertz CT molecular complexity index is 1280. The summed E-state index contributed by atoms with van der Waals surface area (Å²) in [5.74, 6) is -0.312. The lowest BCUT2D eigenvalue weighted by Crippen LogP contribution is -2.56. The van der Waals surface area contributed by atoms with Crippen LogP contribution >= 0.6 is 23.8 Å². The fourth-order valence-electron chi connectivity index (χ4n) is 3.80. The molecular formula is C26H23ClN2O3S. The van der Waals surface area contributed by atoms with Gasteiger partial charge >= 0.3 is 0 Å². The number of hydrogen-bond donors (Lipinski definition) is 0. The number of carbonyl (C=O) groups excluding carboxylic acids is 2. The molecule has 33 heavy (non-hydrogen) atoms. The highest BCUT2D eigenvalue weighted by Crippen LogP contribution is 2.33. The van der Waals surface area contributed by atoms with Gasteiger partial charge in [0, 0.05) is 17.1 Å². The minimum absolute atomic E-state index is 0.0189. The number of nitrogens with zero attached hydrogens (tertiary/aromatic N) is 2. The fourth-order valence-corrected chi connectivity index (χ4v) is 4.32. The first kappa shape index (κ1) is 23.0. The minimum Gasteiger partial charge on any atom is -0.490 e. The highest BCUT2D eigenvalue weighted by molar-refractivity contribution is 7.80. The molecule has 0 N–H and O–H groups in total. The number of halogens is 1. The molecule has 1 saturated heterocycles. The SMILES string of the molecule is CCN1C(=O)/C(=C\c2c(OC(C)C)ccc3ccccc23)C(=O)N(c2ccc(Cl)cc2)C1=S. The number of ether oxygens (including phenoxy) is 1. The third-order valence-electron chi connectivity index (χ3n) is 5.31. The molecule has 1 fully saturated rings. The van der Waals surface area contributed by atoms with Crippen molar-refractivity contribution in [3.8, 4) is 5.75 Å². The zero-order valence-electron chi connectivity index (χ0n) is 18.5. The Morgan fingerprint density at radius 1 is 1.00 bits per heavy atom. The van der Waals surface area contributed by atoms with E-state index in [1.54, 1.807) is 30.3 Å². The van der Waals surface area contributed by atoms with E-state index in [0.717, 1.165) is 10.8 Å². The summed E-state index contributed by atoms with van der Waals surface area (Å²) in [5.41, 5.74) is 1.24. The van der Waals surface area contributed by atoms with E-state index in [1.807, 2.05) is 57.2 Å². The number of anilines is 1. The van der Waals surface area contributed by atoms with Gasteiger partial charge in [-0.2, -0.15) is 0 Å². The standard InChI is InChI=1S/C26H23ClN2O3S/c1-4-28-24(30)22(25(31)29(26(28)33)19-12-10-18(27)11-13-19)15-21-20-8-6-5-7-17(20)9-14-23(21)32-16(2)3/h5-16H,4H2,1-3H3/b22-15+. The number of carbonyl (C=O) groups is 2. The zero-order chi connectivity index (χ0) is 23.7. The third-order valence-corrected chi connectivity index (χ3v) is 5.97. The summed E-state index contributed by atoms with van der Waals surface area (Å²) in [6.45, 7) is 6.02. The molecule has 0 radical (unpaired) electrons. The van der Waals surface area contributed by atoms with Gasteiger partial charge in [0.1, 0.15) is 11.3 Å². The van der Waals surface area contributed by atoms with Gasteiger partial charge in [-0.1, -0.05) is 41.9 Å². The number of thiocarbonyl (C=S) groups is 1. The Balaban J connectivity index is 1.91. The van der Waals surface area contributed by atoms with E-state index in [1.165, 1.54) is 9.80 Å². The predicted octanol–water partition coefficient (Wildman–Crippen LogP) is 5.84. The second-order valence-corrected chi connectivity index (χ2v) is 8.67. The molecular weight excluding hydrogens is 456 g/mol. The summed E-state index contributed by atoms with van der Waals surface area (Å²) in [6.07, 6.45) is 1.55. The summed E-state index contributed by atoms with van der Waals surface area (Å²) < 4.78 is 6.03. The molecule has 0 bridgehead atoms. The molecule has 0 saturated carbocycles. The van der Waals surface area contributed by atoms with Gasteiger partial charge < -0.3 is 4.74 Å². The van der Waals surface area contributed by atoms with Gasteiger partial charge in [-0.05, 0) is 80.2 Å². The molecule has 0 aromatic heterocycles. The normalized spacial score (nSPS) is 15.8. The van der Waals surface area contributed by atoms with Crippen LogP contribution in [-0.2, 0) is 9.59 Å². The Kier molecular flexibility index (Phi) is 6.49. The number of rotatable bonds is 5. The molecule has 1 aliphatic rings. The fraction of sp³-hybridized carbons (Fsp3) is 0.192. The van der Waals surface area contributed by atoms with Gasteiger partial charge in [0.25, 0.3) is 11.8 Å². The van der Waals surface area contributed by atoms with Crippen LogP contribution in [-0.4, -0.2) is 34.5 Å². The van der Waals surface area contributed by atoms with Crippen molar-refractivity contribution in [3.63, 3.8) is 0 Å². The smallest absolute Gasteiger partial charge is 0.270 e. The van der Waals surface area contributed by atoms with Gasteiger partial charge in [-0.15, -0.1) is 0 Å². The van der Waals surface area contributed by atoms with Crippen molar-refractivity contribution in [2.45, 2.75) is 26.9 Å². The highest BCUT2D eigenvalue weighted by atomic mass is 35.5. The lowest BCUT2D eigenvalue weighted by molar-refractivity contribution is -0.127. The Morgan fingerprint density at radius 3 is 2.36 bits per heavy atom. The van der Waals surface area contributed by atoms with Crippen molar-refractivity contribution in [2.24, 2.45) is 0 Å². The molecule has 3 aromatic rings. The topological polar surface area (TPSA) is 49.9 Å². The van der Waals surface area contributed by atoms with Gasteiger partial charge in [-0.25, -0.2) is 0 Å². The first-order valence-corrected chi connectivity index (χ1v) is 11.5. The van der Waals surface area contributed by atoms with Crippen LogP contribution in [0.25, 0.3) is 16.8 Å². The maximum Gasteiger partial charge on any atom is 0.270 e. The molecule has 0 aliphatic carbocycles. The van der Waals surface area contributed by atoms with E-state index in [4.69, 9.17) is 28.6 Å². The number of hydrogen-bond acceptors (Lipinski definition) is 4. The van der Waals surface area contributed by atoms with Crippen LogP contribution in [0.2, 0.25) is 5.02 Å². The van der Waals surface area contributed by atoms with E-state index in [9.17, 15) is 9.59 Å². The third kappa shape index (κ3) is 4.36. The summed E-state index contributed by atoms with van der Waals surface area (Å²) in [6, 6.07) is 18.4. The quantitative estimate of drug-likeness (QED) is 0.262. The Labute approximate surface area is 203 Å². The number of likely N-dealkylation sites (N-methyl/N-ethyl adjacent to an activating group) is 1. The van der Waals surface area contributed by atoms with E-state index in [2.05, 4.69) is 0 Å². The van der Waals surface area contributed by atoms with Crippen LogP contribution in [0.3, 0.4) is 0 Å². The molecule has 168 valence electrons. The summed E-state index contributed by atoms with van der Waals surface area (Å²) >= 11 is 11.5. The lowest BCUT2D eigenvalue weighted by Gasteiger charge is -2.36. The molecule has 1 heterocycles. The first-order valence-electron chi connectivity index (χ1n) is 10.7. The number of amides is 2. The zero-order valence-corrected chi connectivity index (χ0v) is 20.1. The van der Waals surface area contributed by atoms with E-state index < -0.39 is 11.8 Å². The average Bonchev–Trinajstić information content (AvgIpc) is 2.79. The average molecular weight is 479 g/mol. The van der Waals surface area contributed by atoms with Gasteiger partial charge in [0.05, 0.1) is 11.8 Å². The van der Waals surface area contributed by atoms with E-state index >= 15 is 0 Å². The summed E-state index contributed by atoms with van der Waals surface area (Å²) in [7, 11) is 0. The van der Waals surface area contributed by atoms with Crippen LogP contribution in [0.15, 0.2) is 66.2 Å². The second-order valence-electron chi connectivity index (χ2n) is 7.87.